The molecule has 0 aliphatic heterocycles. The van der Waals surface area contributed by atoms with E-state index in [4.69, 9.17) is 4.74 Å². The summed E-state index contributed by atoms with van der Waals surface area (Å²) in [5, 5.41) is 2.92. The number of anilines is 1. The molecule has 6 nitrogen and oxygen atoms in total. The third kappa shape index (κ3) is 6.83. The molecule has 0 aliphatic carbocycles. The summed E-state index contributed by atoms with van der Waals surface area (Å²) in [6, 6.07) is 22.0. The van der Waals surface area contributed by atoms with Crippen molar-refractivity contribution in [2.75, 3.05) is 17.2 Å². The molecule has 33 heavy (non-hydrogen) atoms. The quantitative estimate of drug-likeness (QED) is 0.505. The third-order valence-corrected chi connectivity index (χ3v) is 6.32. The van der Waals surface area contributed by atoms with Crippen LogP contribution in [-0.2, 0) is 16.6 Å². The fraction of sp³-hybridized carbons (Fsp3) is 0.269. The summed E-state index contributed by atoms with van der Waals surface area (Å²) >= 11 is 0. The summed E-state index contributed by atoms with van der Waals surface area (Å²) in [6.45, 7) is 6.24. The van der Waals surface area contributed by atoms with E-state index in [0.29, 0.717) is 17.9 Å². The molecule has 0 heterocycles. The number of rotatable bonds is 9. The van der Waals surface area contributed by atoms with Gasteiger partial charge in [0.2, 0.25) is 10.0 Å². The smallest absolute Gasteiger partial charge is 0.251 e. The van der Waals surface area contributed by atoms with Crippen molar-refractivity contribution in [1.29, 1.82) is 0 Å². The number of hydrogen-bond acceptors (Lipinski definition) is 4. The van der Waals surface area contributed by atoms with Gasteiger partial charge in [0, 0.05) is 5.56 Å². The normalized spacial score (nSPS) is 12.1. The standard InChI is InChI=1S/C26H30N2O4S/c1-19-10-11-20(2)25(16-19)28(33(4,30)31)17-22-12-14-23(15-13-22)26(29)27-21(3)18-32-24-8-6-5-7-9-24/h5-16,21H,17-18H2,1-4H3,(H,27,29)/t21-/m1/s1. The van der Waals surface area contributed by atoms with E-state index in [1.807, 2.05) is 69.3 Å². The van der Waals surface area contributed by atoms with Crippen LogP contribution in [0.4, 0.5) is 5.69 Å². The van der Waals surface area contributed by atoms with Crippen molar-refractivity contribution < 1.29 is 17.9 Å². The van der Waals surface area contributed by atoms with Crippen molar-refractivity contribution in [1.82, 2.24) is 5.32 Å². The van der Waals surface area contributed by atoms with Crippen molar-refractivity contribution >= 4 is 21.6 Å². The second-order valence-electron chi connectivity index (χ2n) is 8.26. The summed E-state index contributed by atoms with van der Waals surface area (Å²) < 4.78 is 32.1. The number of nitrogens with zero attached hydrogens (tertiary/aromatic N) is 1. The van der Waals surface area contributed by atoms with Crippen LogP contribution in [0.1, 0.15) is 34.0 Å². The van der Waals surface area contributed by atoms with Gasteiger partial charge in [0.25, 0.3) is 5.91 Å². The lowest BCUT2D eigenvalue weighted by molar-refractivity contribution is 0.0926. The summed E-state index contributed by atoms with van der Waals surface area (Å²) in [7, 11) is -3.49. The van der Waals surface area contributed by atoms with Crippen LogP contribution in [0.5, 0.6) is 5.75 Å². The minimum atomic E-state index is -3.49. The maximum Gasteiger partial charge on any atom is 0.251 e. The molecule has 174 valence electrons. The van der Waals surface area contributed by atoms with E-state index in [2.05, 4.69) is 5.32 Å². The molecule has 0 aromatic heterocycles. The van der Waals surface area contributed by atoms with Gasteiger partial charge in [-0.3, -0.25) is 9.10 Å². The minimum absolute atomic E-state index is 0.178. The number of hydrogen-bond donors (Lipinski definition) is 1. The maximum absolute atomic E-state index is 12.6. The van der Waals surface area contributed by atoms with Crippen molar-refractivity contribution in [3.63, 3.8) is 0 Å². The van der Waals surface area contributed by atoms with Gasteiger partial charge in [0.1, 0.15) is 12.4 Å². The van der Waals surface area contributed by atoms with Crippen LogP contribution in [0.15, 0.2) is 72.8 Å². The van der Waals surface area contributed by atoms with Gasteiger partial charge in [-0.25, -0.2) is 8.42 Å². The van der Waals surface area contributed by atoms with E-state index >= 15 is 0 Å². The molecule has 0 spiro atoms. The molecule has 0 saturated heterocycles. The molecule has 1 atom stereocenters. The lowest BCUT2D eigenvalue weighted by Gasteiger charge is -2.25. The fourth-order valence-corrected chi connectivity index (χ4v) is 4.32. The first-order chi connectivity index (χ1) is 15.6. The number of para-hydroxylation sites is 1. The third-order valence-electron chi connectivity index (χ3n) is 5.20. The monoisotopic (exact) mass is 466 g/mol. The lowest BCUT2D eigenvalue weighted by Crippen LogP contribution is -2.36. The molecule has 1 amide bonds. The van der Waals surface area contributed by atoms with Crippen molar-refractivity contribution in [2.24, 2.45) is 0 Å². The number of sulfonamides is 1. The van der Waals surface area contributed by atoms with Gasteiger partial charge in [-0.15, -0.1) is 0 Å². The number of ether oxygens (including phenoxy) is 1. The number of carbonyl (C=O) groups excluding carboxylic acids is 1. The zero-order chi connectivity index (χ0) is 24.0. The van der Waals surface area contributed by atoms with Gasteiger partial charge in [-0.05, 0) is 67.8 Å². The number of nitrogens with one attached hydrogen (secondary N) is 1. The van der Waals surface area contributed by atoms with Gasteiger partial charge in [0.15, 0.2) is 0 Å². The predicted octanol–water partition coefficient (Wildman–Crippen LogP) is 4.47. The number of carbonyl (C=O) groups is 1. The van der Waals surface area contributed by atoms with E-state index < -0.39 is 10.0 Å². The number of aryl methyl sites for hydroxylation is 2. The Balaban J connectivity index is 1.65. The maximum atomic E-state index is 12.6. The Hall–Kier alpha value is -3.32. The molecule has 3 aromatic rings. The highest BCUT2D eigenvalue weighted by Crippen LogP contribution is 2.26. The molecular formula is C26H30N2O4S. The van der Waals surface area contributed by atoms with Gasteiger partial charge >= 0.3 is 0 Å². The highest BCUT2D eigenvalue weighted by molar-refractivity contribution is 7.92. The second-order valence-corrected chi connectivity index (χ2v) is 10.2. The molecule has 0 fully saturated rings. The van der Waals surface area contributed by atoms with Gasteiger partial charge < -0.3 is 10.1 Å². The first-order valence-electron chi connectivity index (χ1n) is 10.8. The Morgan fingerprint density at radius 2 is 1.67 bits per heavy atom. The van der Waals surface area contributed by atoms with Crippen molar-refractivity contribution in [2.45, 2.75) is 33.4 Å². The van der Waals surface area contributed by atoms with Gasteiger partial charge in [0.05, 0.1) is 24.5 Å². The van der Waals surface area contributed by atoms with Gasteiger partial charge in [-0.1, -0.05) is 42.5 Å². The Kier molecular flexibility index (Phi) is 7.76. The lowest BCUT2D eigenvalue weighted by atomic mass is 10.1. The minimum Gasteiger partial charge on any atom is -0.491 e. The molecule has 0 radical (unpaired) electrons. The molecule has 3 aromatic carbocycles. The van der Waals surface area contributed by atoms with E-state index in [0.717, 1.165) is 22.4 Å². The molecule has 0 unspecified atom stereocenters. The summed E-state index contributed by atoms with van der Waals surface area (Å²) in [4.78, 5) is 12.6. The van der Waals surface area contributed by atoms with Crippen molar-refractivity contribution in [3.05, 3.63) is 95.1 Å². The van der Waals surface area contributed by atoms with Crippen molar-refractivity contribution in [3.8, 4) is 5.75 Å². The first kappa shape index (κ1) is 24.3. The van der Waals surface area contributed by atoms with E-state index in [9.17, 15) is 13.2 Å². The SMILES string of the molecule is Cc1ccc(C)c(N(Cc2ccc(C(=O)N[C@H](C)COc3ccccc3)cc2)S(C)(=O)=O)c1. The summed E-state index contributed by atoms with van der Waals surface area (Å²) in [5.41, 5.74) is 3.82. The number of amides is 1. The van der Waals surface area contributed by atoms with E-state index in [1.165, 1.54) is 10.6 Å². The average molecular weight is 467 g/mol. The Morgan fingerprint density at radius 3 is 2.30 bits per heavy atom. The van der Waals surface area contributed by atoms with Crippen LogP contribution >= 0.6 is 0 Å². The van der Waals surface area contributed by atoms with E-state index in [-0.39, 0.29) is 18.5 Å². The van der Waals surface area contributed by atoms with Crippen LogP contribution in [0.25, 0.3) is 0 Å². The Morgan fingerprint density at radius 1 is 1.00 bits per heavy atom. The molecule has 0 saturated carbocycles. The highest BCUT2D eigenvalue weighted by atomic mass is 32.2. The molecule has 3 rings (SSSR count). The van der Waals surface area contributed by atoms with Crippen LogP contribution in [-0.4, -0.2) is 33.2 Å². The molecule has 1 N–H and O–H groups in total. The molecule has 0 aliphatic rings. The molecule has 0 bridgehead atoms. The van der Waals surface area contributed by atoms with Crippen LogP contribution < -0.4 is 14.4 Å². The van der Waals surface area contributed by atoms with Gasteiger partial charge in [-0.2, -0.15) is 0 Å². The van der Waals surface area contributed by atoms with Crippen LogP contribution in [0.3, 0.4) is 0 Å². The van der Waals surface area contributed by atoms with Crippen LogP contribution in [0.2, 0.25) is 0 Å². The molecule has 7 heteroatoms. The van der Waals surface area contributed by atoms with Crippen LogP contribution in [0, 0.1) is 13.8 Å². The average Bonchev–Trinajstić information content (AvgIpc) is 2.78. The second kappa shape index (κ2) is 10.5. The Bertz CT molecular complexity index is 1190. The van der Waals surface area contributed by atoms with E-state index in [1.54, 1.807) is 24.3 Å². The zero-order valence-electron chi connectivity index (χ0n) is 19.4. The fourth-order valence-electron chi connectivity index (χ4n) is 3.38. The predicted molar refractivity (Wildman–Crippen MR) is 132 cm³/mol. The zero-order valence-corrected chi connectivity index (χ0v) is 20.2. The summed E-state index contributed by atoms with van der Waals surface area (Å²) in [5.74, 6) is 0.544. The largest absolute Gasteiger partial charge is 0.491 e. The number of benzene rings is 3. The topological polar surface area (TPSA) is 75.7 Å². The highest BCUT2D eigenvalue weighted by Gasteiger charge is 2.20. The summed E-state index contributed by atoms with van der Waals surface area (Å²) in [6.07, 6.45) is 1.20. The molecular weight excluding hydrogens is 436 g/mol. The first-order valence-corrected chi connectivity index (χ1v) is 12.6. The Labute approximate surface area is 196 Å².